The van der Waals surface area contributed by atoms with Crippen LogP contribution in [0.25, 0.3) is 0 Å². The minimum absolute atomic E-state index is 0.424. The molecule has 0 radical (unpaired) electrons. The fourth-order valence-corrected chi connectivity index (χ4v) is 1.11. The monoisotopic (exact) mass is 194 g/mol. The van der Waals surface area contributed by atoms with Crippen LogP contribution in [-0.2, 0) is 0 Å². The van der Waals surface area contributed by atoms with Crippen molar-refractivity contribution >= 4 is 17.3 Å². The molecular formula is C9H14N4O. The number of benzene rings is 1. The van der Waals surface area contributed by atoms with Crippen molar-refractivity contribution in [3.8, 4) is 0 Å². The van der Waals surface area contributed by atoms with E-state index in [0.717, 1.165) is 0 Å². The second-order valence-electron chi connectivity index (χ2n) is 3.18. The van der Waals surface area contributed by atoms with Crippen molar-refractivity contribution in [1.29, 1.82) is 0 Å². The molecule has 1 aromatic rings. The van der Waals surface area contributed by atoms with E-state index in [1.807, 2.05) is 14.1 Å². The summed E-state index contributed by atoms with van der Waals surface area (Å²) >= 11 is 0. The zero-order valence-corrected chi connectivity index (χ0v) is 8.24. The van der Waals surface area contributed by atoms with Gasteiger partial charge in [0, 0.05) is 19.8 Å². The van der Waals surface area contributed by atoms with Crippen LogP contribution in [0.2, 0.25) is 0 Å². The maximum absolute atomic E-state index is 11.0. The molecule has 0 saturated carbocycles. The summed E-state index contributed by atoms with van der Waals surface area (Å²) in [6.07, 6.45) is 0. The molecule has 0 spiro atoms. The van der Waals surface area contributed by atoms with Crippen molar-refractivity contribution < 1.29 is 4.79 Å². The first-order valence-electron chi connectivity index (χ1n) is 4.14. The Hall–Kier alpha value is -1.75. The van der Waals surface area contributed by atoms with Gasteiger partial charge in [0.05, 0.1) is 11.3 Å². The fourth-order valence-electron chi connectivity index (χ4n) is 1.11. The van der Waals surface area contributed by atoms with Crippen LogP contribution in [0.1, 0.15) is 10.4 Å². The largest absolute Gasteiger partial charge is 0.399 e. The lowest BCUT2D eigenvalue weighted by molar-refractivity contribution is 0.100. The summed E-state index contributed by atoms with van der Waals surface area (Å²) < 4.78 is 0. The number of amides is 1. The second-order valence-corrected chi connectivity index (χ2v) is 3.18. The van der Waals surface area contributed by atoms with E-state index in [1.54, 1.807) is 23.2 Å². The van der Waals surface area contributed by atoms with Gasteiger partial charge >= 0.3 is 0 Å². The first-order chi connectivity index (χ1) is 6.50. The van der Waals surface area contributed by atoms with Crippen LogP contribution in [0.3, 0.4) is 0 Å². The van der Waals surface area contributed by atoms with Crippen molar-refractivity contribution in [2.75, 3.05) is 25.3 Å². The Balaban J connectivity index is 3.09. The minimum Gasteiger partial charge on any atom is -0.399 e. The normalized spacial score (nSPS) is 10.2. The zero-order valence-electron chi connectivity index (χ0n) is 8.24. The van der Waals surface area contributed by atoms with Crippen LogP contribution in [0.15, 0.2) is 18.2 Å². The van der Waals surface area contributed by atoms with Crippen molar-refractivity contribution in [3.05, 3.63) is 23.8 Å². The molecule has 0 fully saturated rings. The summed E-state index contributed by atoms with van der Waals surface area (Å²) in [6, 6.07) is 4.91. The number of rotatable bonds is 3. The highest BCUT2D eigenvalue weighted by atomic mass is 16.1. The minimum atomic E-state index is -0.477. The van der Waals surface area contributed by atoms with Gasteiger partial charge in [-0.1, -0.05) is 0 Å². The number of nitrogens with zero attached hydrogens (tertiary/aromatic N) is 1. The van der Waals surface area contributed by atoms with E-state index in [1.165, 1.54) is 0 Å². The van der Waals surface area contributed by atoms with E-state index < -0.39 is 5.91 Å². The molecule has 0 atom stereocenters. The van der Waals surface area contributed by atoms with Gasteiger partial charge in [-0.25, -0.2) is 5.01 Å². The molecule has 0 aromatic heterocycles. The van der Waals surface area contributed by atoms with E-state index in [0.29, 0.717) is 16.9 Å². The number of nitrogen functional groups attached to an aromatic ring is 1. The predicted molar refractivity (Wildman–Crippen MR) is 56.7 cm³/mol. The Morgan fingerprint density at radius 1 is 1.43 bits per heavy atom. The van der Waals surface area contributed by atoms with Crippen molar-refractivity contribution in [3.63, 3.8) is 0 Å². The number of primary amides is 1. The summed E-state index contributed by atoms with van der Waals surface area (Å²) in [6.45, 7) is 0. The third kappa shape index (κ3) is 2.37. The first-order valence-corrected chi connectivity index (χ1v) is 4.14. The Labute approximate surface area is 82.6 Å². The number of carbonyl (C=O) groups excluding carboxylic acids is 1. The van der Waals surface area contributed by atoms with Crippen LogP contribution in [0, 0.1) is 0 Å². The number of nitrogens with two attached hydrogens (primary N) is 2. The summed E-state index contributed by atoms with van der Waals surface area (Å²) in [7, 11) is 3.63. The van der Waals surface area contributed by atoms with Crippen LogP contribution >= 0.6 is 0 Å². The topological polar surface area (TPSA) is 84.4 Å². The molecule has 0 saturated heterocycles. The third-order valence-electron chi connectivity index (χ3n) is 1.65. The molecule has 0 bridgehead atoms. The quantitative estimate of drug-likeness (QED) is 0.476. The van der Waals surface area contributed by atoms with Crippen LogP contribution in [-0.4, -0.2) is 25.0 Å². The van der Waals surface area contributed by atoms with E-state index >= 15 is 0 Å². The summed E-state index contributed by atoms with van der Waals surface area (Å²) in [5.41, 5.74) is 15.4. The number of hydrogen-bond donors (Lipinski definition) is 3. The molecule has 5 heteroatoms. The Morgan fingerprint density at radius 2 is 2.07 bits per heavy atom. The van der Waals surface area contributed by atoms with E-state index in [4.69, 9.17) is 11.5 Å². The zero-order chi connectivity index (χ0) is 10.7. The van der Waals surface area contributed by atoms with Crippen LogP contribution in [0.5, 0.6) is 0 Å². The van der Waals surface area contributed by atoms with Gasteiger partial charge in [-0.2, -0.15) is 0 Å². The molecule has 0 aliphatic rings. The number of anilines is 2. The summed E-state index contributed by atoms with van der Waals surface area (Å²) in [5, 5.41) is 1.71. The Kier molecular flexibility index (Phi) is 2.93. The molecule has 1 rings (SSSR count). The van der Waals surface area contributed by atoms with E-state index in [9.17, 15) is 4.79 Å². The van der Waals surface area contributed by atoms with Gasteiger partial charge in [0.1, 0.15) is 0 Å². The maximum atomic E-state index is 11.0. The average molecular weight is 194 g/mol. The average Bonchev–Trinajstić information content (AvgIpc) is 2.01. The SMILES string of the molecule is CN(C)Nc1cc(N)ccc1C(N)=O. The first kappa shape index (κ1) is 10.3. The molecular weight excluding hydrogens is 180 g/mol. The molecule has 1 amide bonds. The Morgan fingerprint density at radius 3 is 2.57 bits per heavy atom. The number of nitrogens with one attached hydrogen (secondary N) is 1. The lowest BCUT2D eigenvalue weighted by Crippen LogP contribution is -2.23. The lowest BCUT2D eigenvalue weighted by Gasteiger charge is -2.16. The molecule has 5 nitrogen and oxygen atoms in total. The Bertz CT molecular complexity index is 349. The summed E-state index contributed by atoms with van der Waals surface area (Å²) in [4.78, 5) is 11.0. The molecule has 1 aromatic carbocycles. The van der Waals surface area contributed by atoms with Gasteiger partial charge in [0.25, 0.3) is 5.91 Å². The molecule has 5 N–H and O–H groups in total. The lowest BCUT2D eigenvalue weighted by atomic mass is 10.1. The van der Waals surface area contributed by atoms with Gasteiger partial charge in [-0.3, -0.25) is 4.79 Å². The van der Waals surface area contributed by atoms with Gasteiger partial charge in [0.2, 0.25) is 0 Å². The van der Waals surface area contributed by atoms with Crippen molar-refractivity contribution in [2.24, 2.45) is 5.73 Å². The highest BCUT2D eigenvalue weighted by molar-refractivity contribution is 5.99. The second kappa shape index (κ2) is 3.97. The molecule has 0 heterocycles. The molecule has 0 unspecified atom stereocenters. The van der Waals surface area contributed by atoms with Gasteiger partial charge in [0.15, 0.2) is 0 Å². The molecule has 0 aliphatic heterocycles. The number of hydrazine groups is 1. The van der Waals surface area contributed by atoms with Gasteiger partial charge in [-0.05, 0) is 18.2 Å². The maximum Gasteiger partial charge on any atom is 0.250 e. The fraction of sp³-hybridized carbons (Fsp3) is 0.222. The van der Waals surface area contributed by atoms with Gasteiger partial charge in [-0.15, -0.1) is 0 Å². The number of hydrogen-bond acceptors (Lipinski definition) is 4. The van der Waals surface area contributed by atoms with Gasteiger partial charge < -0.3 is 16.9 Å². The number of carbonyl (C=O) groups is 1. The molecule has 76 valence electrons. The third-order valence-corrected chi connectivity index (χ3v) is 1.65. The highest BCUT2D eigenvalue weighted by Crippen LogP contribution is 2.18. The smallest absolute Gasteiger partial charge is 0.250 e. The van der Waals surface area contributed by atoms with E-state index in [-0.39, 0.29) is 0 Å². The van der Waals surface area contributed by atoms with Crippen molar-refractivity contribution in [2.45, 2.75) is 0 Å². The molecule has 0 aliphatic carbocycles. The van der Waals surface area contributed by atoms with Crippen molar-refractivity contribution in [1.82, 2.24) is 5.01 Å². The predicted octanol–water partition coefficient (Wildman–Crippen LogP) is 0.256. The molecule has 14 heavy (non-hydrogen) atoms. The van der Waals surface area contributed by atoms with E-state index in [2.05, 4.69) is 5.43 Å². The standard InChI is InChI=1S/C9H14N4O/c1-13(2)12-8-5-6(10)3-4-7(8)9(11)14/h3-5,12H,10H2,1-2H3,(H2,11,14). The van der Waals surface area contributed by atoms with Crippen LogP contribution in [0.4, 0.5) is 11.4 Å². The highest BCUT2D eigenvalue weighted by Gasteiger charge is 2.08. The van der Waals surface area contributed by atoms with Crippen LogP contribution < -0.4 is 16.9 Å². The summed E-state index contributed by atoms with van der Waals surface area (Å²) in [5.74, 6) is -0.477.